The number of piperidine rings is 1. The number of carbonyl (C=O) groups is 2. The highest BCUT2D eigenvalue weighted by atomic mass is 16.5. The highest BCUT2D eigenvalue weighted by molar-refractivity contribution is 5.95. The van der Waals surface area contributed by atoms with E-state index in [4.69, 9.17) is 9.47 Å². The van der Waals surface area contributed by atoms with E-state index in [0.29, 0.717) is 36.7 Å². The van der Waals surface area contributed by atoms with Gasteiger partial charge in [-0.05, 0) is 45.0 Å². The fourth-order valence-electron chi connectivity index (χ4n) is 3.85. The van der Waals surface area contributed by atoms with Crippen LogP contribution in [0.2, 0.25) is 0 Å². The van der Waals surface area contributed by atoms with Gasteiger partial charge < -0.3 is 19.7 Å². The van der Waals surface area contributed by atoms with Crippen molar-refractivity contribution in [3.05, 3.63) is 41.2 Å². The van der Waals surface area contributed by atoms with Crippen molar-refractivity contribution in [1.82, 2.24) is 20.0 Å². The molecule has 8 nitrogen and oxygen atoms in total. The van der Waals surface area contributed by atoms with Crippen molar-refractivity contribution >= 4 is 11.8 Å². The Labute approximate surface area is 183 Å². The van der Waals surface area contributed by atoms with Crippen molar-refractivity contribution < 1.29 is 19.1 Å². The molecule has 3 rings (SSSR count). The fourth-order valence-corrected chi connectivity index (χ4v) is 3.85. The molecule has 1 saturated heterocycles. The summed E-state index contributed by atoms with van der Waals surface area (Å²) in [5.74, 6) is 1.04. The van der Waals surface area contributed by atoms with E-state index in [2.05, 4.69) is 10.4 Å². The summed E-state index contributed by atoms with van der Waals surface area (Å²) in [7, 11) is 1.58. The summed E-state index contributed by atoms with van der Waals surface area (Å²) in [6.45, 7) is 9.44. The van der Waals surface area contributed by atoms with Crippen LogP contribution < -0.4 is 14.8 Å². The van der Waals surface area contributed by atoms with Gasteiger partial charge in [-0.25, -0.2) is 0 Å². The highest BCUT2D eigenvalue weighted by Gasteiger charge is 2.23. The lowest BCUT2D eigenvalue weighted by Gasteiger charge is -2.31. The van der Waals surface area contributed by atoms with Gasteiger partial charge in [0.1, 0.15) is 6.10 Å². The number of hydrogen-bond acceptors (Lipinski definition) is 5. The second-order valence-electron chi connectivity index (χ2n) is 8.17. The lowest BCUT2D eigenvalue weighted by molar-refractivity contribution is -0.130. The molecule has 31 heavy (non-hydrogen) atoms. The minimum absolute atomic E-state index is 0.0206. The maximum atomic E-state index is 12.8. The number of carbonyl (C=O) groups excluding carboxylic acids is 2. The molecule has 1 aliphatic heterocycles. The highest BCUT2D eigenvalue weighted by Crippen LogP contribution is 2.31. The van der Waals surface area contributed by atoms with Gasteiger partial charge in [-0.2, -0.15) is 5.10 Å². The SMILES string of the molecule is COc1ccc(C(=O)NC(C)Cn2nc(C)cc2C)cc1OC1CCN(C(C)=O)CC1. The molecule has 1 fully saturated rings. The van der Waals surface area contributed by atoms with Crippen LogP contribution in [0.25, 0.3) is 0 Å². The lowest BCUT2D eigenvalue weighted by Crippen LogP contribution is -2.40. The Morgan fingerprint density at radius 3 is 2.48 bits per heavy atom. The number of hydrogen-bond donors (Lipinski definition) is 1. The zero-order valence-corrected chi connectivity index (χ0v) is 19.0. The quantitative estimate of drug-likeness (QED) is 0.733. The minimum Gasteiger partial charge on any atom is -0.493 e. The van der Waals surface area contributed by atoms with Gasteiger partial charge in [0.2, 0.25) is 5.91 Å². The van der Waals surface area contributed by atoms with Crippen LogP contribution in [0.1, 0.15) is 48.4 Å². The maximum Gasteiger partial charge on any atom is 0.251 e. The third-order valence-corrected chi connectivity index (χ3v) is 5.53. The van der Waals surface area contributed by atoms with Crippen LogP contribution in [0, 0.1) is 13.8 Å². The van der Waals surface area contributed by atoms with E-state index in [-0.39, 0.29) is 24.0 Å². The molecule has 0 bridgehead atoms. The van der Waals surface area contributed by atoms with E-state index < -0.39 is 0 Å². The zero-order chi connectivity index (χ0) is 22.5. The Bertz CT molecular complexity index is 932. The third kappa shape index (κ3) is 5.77. The van der Waals surface area contributed by atoms with Crippen LogP contribution in [0.4, 0.5) is 0 Å². The average Bonchev–Trinajstić information content (AvgIpc) is 3.04. The molecule has 8 heteroatoms. The first-order chi connectivity index (χ1) is 14.8. The summed E-state index contributed by atoms with van der Waals surface area (Å²) in [6.07, 6.45) is 1.48. The monoisotopic (exact) mass is 428 g/mol. The molecular weight excluding hydrogens is 396 g/mol. The van der Waals surface area contributed by atoms with Crippen LogP contribution in [-0.4, -0.2) is 58.8 Å². The van der Waals surface area contributed by atoms with Crippen LogP contribution in [0.5, 0.6) is 11.5 Å². The van der Waals surface area contributed by atoms with E-state index >= 15 is 0 Å². The van der Waals surface area contributed by atoms with Crippen molar-refractivity contribution in [2.45, 2.75) is 59.2 Å². The first kappa shape index (κ1) is 22.7. The Morgan fingerprint density at radius 2 is 1.90 bits per heavy atom. The number of aryl methyl sites for hydroxylation is 2. The molecule has 0 spiro atoms. The second kappa shape index (κ2) is 9.85. The normalized spacial score (nSPS) is 15.5. The van der Waals surface area contributed by atoms with Gasteiger partial charge >= 0.3 is 0 Å². The summed E-state index contributed by atoms with van der Waals surface area (Å²) in [5.41, 5.74) is 2.54. The topological polar surface area (TPSA) is 85.7 Å². The molecule has 0 radical (unpaired) electrons. The molecule has 168 valence electrons. The predicted octanol–water partition coefficient (Wildman–Crippen LogP) is 2.72. The summed E-state index contributed by atoms with van der Waals surface area (Å²) < 4.78 is 13.5. The lowest BCUT2D eigenvalue weighted by atomic mass is 10.1. The fraction of sp³-hybridized carbons (Fsp3) is 0.522. The number of ether oxygens (including phenoxy) is 2. The molecule has 1 unspecified atom stereocenters. The summed E-state index contributed by atoms with van der Waals surface area (Å²) >= 11 is 0. The number of nitrogens with zero attached hydrogens (tertiary/aromatic N) is 3. The molecule has 2 amide bonds. The first-order valence-electron chi connectivity index (χ1n) is 10.7. The number of benzene rings is 1. The Hall–Kier alpha value is -3.03. The molecule has 2 aromatic rings. The first-order valence-corrected chi connectivity index (χ1v) is 10.7. The van der Waals surface area contributed by atoms with Gasteiger partial charge in [0, 0.05) is 50.2 Å². The molecule has 1 atom stereocenters. The van der Waals surface area contributed by atoms with Crippen LogP contribution in [0.3, 0.4) is 0 Å². The van der Waals surface area contributed by atoms with E-state index in [1.165, 1.54) is 0 Å². The van der Waals surface area contributed by atoms with Crippen LogP contribution >= 0.6 is 0 Å². The predicted molar refractivity (Wildman–Crippen MR) is 118 cm³/mol. The van der Waals surface area contributed by atoms with Crippen molar-refractivity contribution in [3.63, 3.8) is 0 Å². The van der Waals surface area contributed by atoms with E-state index in [1.54, 1.807) is 32.2 Å². The molecule has 1 aliphatic rings. The smallest absolute Gasteiger partial charge is 0.251 e. The molecular formula is C23H32N4O4. The third-order valence-electron chi connectivity index (χ3n) is 5.53. The number of likely N-dealkylation sites (tertiary alicyclic amines) is 1. The Morgan fingerprint density at radius 1 is 1.19 bits per heavy atom. The van der Waals surface area contributed by atoms with Gasteiger partial charge in [0.25, 0.3) is 5.91 Å². The van der Waals surface area contributed by atoms with Crippen molar-refractivity contribution in [1.29, 1.82) is 0 Å². The van der Waals surface area contributed by atoms with Gasteiger partial charge in [0.15, 0.2) is 11.5 Å². The Kier molecular flexibility index (Phi) is 7.20. The van der Waals surface area contributed by atoms with Crippen molar-refractivity contribution in [2.75, 3.05) is 20.2 Å². The number of nitrogens with one attached hydrogen (secondary N) is 1. The van der Waals surface area contributed by atoms with E-state index in [1.807, 2.05) is 36.4 Å². The molecule has 0 aliphatic carbocycles. The molecule has 1 N–H and O–H groups in total. The number of rotatable bonds is 7. The summed E-state index contributed by atoms with van der Waals surface area (Å²) in [5, 5.41) is 7.48. The van der Waals surface area contributed by atoms with Crippen LogP contribution in [-0.2, 0) is 11.3 Å². The summed E-state index contributed by atoms with van der Waals surface area (Å²) in [4.78, 5) is 26.2. The molecule has 1 aromatic carbocycles. The largest absolute Gasteiger partial charge is 0.493 e. The van der Waals surface area contributed by atoms with Crippen molar-refractivity contribution in [3.8, 4) is 11.5 Å². The average molecular weight is 429 g/mol. The molecule has 1 aromatic heterocycles. The number of methoxy groups -OCH3 is 1. The molecule has 2 heterocycles. The van der Waals surface area contributed by atoms with Crippen LogP contribution in [0.15, 0.2) is 24.3 Å². The van der Waals surface area contributed by atoms with E-state index in [0.717, 1.165) is 24.2 Å². The second-order valence-corrected chi connectivity index (χ2v) is 8.17. The number of amides is 2. The molecule has 0 saturated carbocycles. The number of aromatic nitrogens is 2. The van der Waals surface area contributed by atoms with Crippen molar-refractivity contribution in [2.24, 2.45) is 0 Å². The van der Waals surface area contributed by atoms with Gasteiger partial charge in [0.05, 0.1) is 19.3 Å². The standard InChI is InChI=1S/C23H32N4O4/c1-15-12-17(3)27(25-15)14-16(2)24-23(29)19-6-7-21(30-5)22(13-19)31-20-8-10-26(11-9-20)18(4)28/h6-7,12-13,16,20H,8-11,14H2,1-5H3,(H,24,29). The van der Waals surface area contributed by atoms with Gasteiger partial charge in [-0.15, -0.1) is 0 Å². The van der Waals surface area contributed by atoms with Gasteiger partial charge in [-0.3, -0.25) is 14.3 Å². The van der Waals surface area contributed by atoms with Gasteiger partial charge in [-0.1, -0.05) is 0 Å². The maximum absolute atomic E-state index is 12.8. The zero-order valence-electron chi connectivity index (χ0n) is 19.0. The van der Waals surface area contributed by atoms with E-state index in [9.17, 15) is 9.59 Å². The minimum atomic E-state index is -0.173. The summed E-state index contributed by atoms with van der Waals surface area (Å²) in [6, 6.07) is 7.13. The Balaban J connectivity index is 1.64.